The van der Waals surface area contributed by atoms with Crippen molar-refractivity contribution in [2.24, 2.45) is 11.1 Å². The van der Waals surface area contributed by atoms with E-state index in [-0.39, 0.29) is 46.9 Å². The highest BCUT2D eigenvalue weighted by Gasteiger charge is 2.58. The van der Waals surface area contributed by atoms with Crippen LogP contribution in [0.3, 0.4) is 0 Å². The van der Waals surface area contributed by atoms with Crippen molar-refractivity contribution < 1.29 is 19.1 Å². The summed E-state index contributed by atoms with van der Waals surface area (Å²) in [5.41, 5.74) is 6.92. The molecule has 172 valence electrons. The van der Waals surface area contributed by atoms with E-state index < -0.39 is 11.9 Å². The largest absolute Gasteiger partial charge is 0.474 e. The molecule has 0 bridgehead atoms. The van der Waals surface area contributed by atoms with E-state index in [1.165, 1.54) is 4.90 Å². The van der Waals surface area contributed by atoms with Crippen LogP contribution in [-0.4, -0.2) is 45.9 Å². The number of urea groups is 1. The minimum Gasteiger partial charge on any atom is -0.474 e. The lowest BCUT2D eigenvalue weighted by Gasteiger charge is -2.58. The lowest BCUT2D eigenvalue weighted by molar-refractivity contribution is -0.141. The highest BCUT2D eigenvalue weighted by atomic mass is 16.5. The van der Waals surface area contributed by atoms with Crippen LogP contribution in [0, 0.1) is 5.41 Å². The maximum Gasteiger partial charge on any atom is 0.325 e. The van der Waals surface area contributed by atoms with E-state index in [2.05, 4.69) is 17.2 Å². The summed E-state index contributed by atoms with van der Waals surface area (Å²) in [4.78, 5) is 42.7. The van der Waals surface area contributed by atoms with Crippen molar-refractivity contribution in [3.63, 3.8) is 0 Å². The second-order valence-corrected chi connectivity index (χ2v) is 9.69. The average molecular weight is 449 g/mol. The molecule has 3 aliphatic rings. The lowest BCUT2D eigenvalue weighted by atomic mass is 9.52. The predicted molar refractivity (Wildman–Crippen MR) is 120 cm³/mol. The number of carbonyl (C=O) groups is 3. The third-order valence-corrected chi connectivity index (χ3v) is 7.35. The monoisotopic (exact) mass is 448 g/mol. The number of amides is 4. The van der Waals surface area contributed by atoms with Crippen molar-refractivity contribution in [2.75, 3.05) is 0 Å². The van der Waals surface area contributed by atoms with Crippen molar-refractivity contribution >= 4 is 17.8 Å². The first-order valence-electron chi connectivity index (χ1n) is 11.5. The standard InChI is InChI=1S/C25H28N4O4/c1-15(16-6-3-2-4-7-16)10-20-23(31)29(24(32)28-20)17-11-25(12-17)13-18(14-25)33-22-19(21(26)30)8-5-9-27-22/h2-9,15,17-18,20H,10-14H2,1H3,(H2,26,30)(H,28,32)/t15?,17?,18?,20-,25?/m0/s1. The molecule has 2 atom stereocenters. The van der Waals surface area contributed by atoms with Crippen LogP contribution in [0.15, 0.2) is 48.7 Å². The number of aromatic nitrogens is 1. The van der Waals surface area contributed by atoms with Crippen LogP contribution in [-0.2, 0) is 4.79 Å². The fourth-order valence-electron chi connectivity index (χ4n) is 5.60. The van der Waals surface area contributed by atoms with E-state index in [1.54, 1.807) is 18.3 Å². The molecule has 1 unspecified atom stereocenters. The normalized spacial score (nSPS) is 29.2. The molecule has 1 aromatic carbocycles. The molecule has 2 aliphatic carbocycles. The Morgan fingerprint density at radius 1 is 1.18 bits per heavy atom. The van der Waals surface area contributed by atoms with E-state index >= 15 is 0 Å². The zero-order valence-electron chi connectivity index (χ0n) is 18.6. The third kappa shape index (κ3) is 3.94. The van der Waals surface area contributed by atoms with E-state index in [0.29, 0.717) is 6.42 Å². The highest BCUT2D eigenvalue weighted by Crippen LogP contribution is 2.58. The van der Waals surface area contributed by atoms with Gasteiger partial charge in [0.1, 0.15) is 17.7 Å². The molecule has 3 N–H and O–H groups in total. The Bertz CT molecular complexity index is 1070. The third-order valence-electron chi connectivity index (χ3n) is 7.35. The zero-order chi connectivity index (χ0) is 23.2. The van der Waals surface area contributed by atoms with Gasteiger partial charge in [0.05, 0.1) is 0 Å². The van der Waals surface area contributed by atoms with Gasteiger partial charge in [-0.15, -0.1) is 0 Å². The van der Waals surface area contributed by atoms with Gasteiger partial charge in [-0.3, -0.25) is 14.5 Å². The van der Waals surface area contributed by atoms with Crippen LogP contribution in [0.4, 0.5) is 4.79 Å². The number of carbonyl (C=O) groups excluding carboxylic acids is 3. The molecule has 5 rings (SSSR count). The van der Waals surface area contributed by atoms with Gasteiger partial charge >= 0.3 is 6.03 Å². The average Bonchev–Trinajstić information content (AvgIpc) is 3.02. The molecule has 1 spiro atoms. The first kappa shape index (κ1) is 21.4. The van der Waals surface area contributed by atoms with Crippen molar-refractivity contribution in [3.8, 4) is 5.88 Å². The molecule has 33 heavy (non-hydrogen) atoms. The molecule has 1 aliphatic heterocycles. The Labute approximate surface area is 192 Å². The van der Waals surface area contributed by atoms with E-state index in [1.807, 2.05) is 30.3 Å². The van der Waals surface area contributed by atoms with E-state index in [9.17, 15) is 14.4 Å². The van der Waals surface area contributed by atoms with Crippen LogP contribution in [0.5, 0.6) is 5.88 Å². The minimum absolute atomic E-state index is 0.0403. The molecule has 1 aromatic heterocycles. The summed E-state index contributed by atoms with van der Waals surface area (Å²) in [7, 11) is 0. The second-order valence-electron chi connectivity index (χ2n) is 9.69. The molecule has 2 saturated carbocycles. The van der Waals surface area contributed by atoms with Crippen molar-refractivity contribution in [2.45, 2.75) is 63.1 Å². The van der Waals surface area contributed by atoms with Crippen molar-refractivity contribution in [3.05, 3.63) is 59.8 Å². The number of hydrogen-bond donors (Lipinski definition) is 2. The molecule has 8 nitrogen and oxygen atoms in total. The maximum absolute atomic E-state index is 13.0. The summed E-state index contributed by atoms with van der Waals surface area (Å²) in [6.07, 6.45) is 5.33. The SMILES string of the molecule is CC(C[C@@H]1NC(=O)N(C2CC3(CC(Oc4ncccc4C(N)=O)C3)C2)C1=O)c1ccccc1. The number of nitrogens with one attached hydrogen (secondary N) is 1. The summed E-state index contributed by atoms with van der Waals surface area (Å²) in [5, 5.41) is 2.89. The fourth-order valence-corrected chi connectivity index (χ4v) is 5.60. The lowest BCUT2D eigenvalue weighted by Crippen LogP contribution is -2.60. The van der Waals surface area contributed by atoms with Gasteiger partial charge in [-0.05, 0) is 61.1 Å². The Hall–Kier alpha value is -3.42. The number of imide groups is 1. The fraction of sp³-hybridized carbons (Fsp3) is 0.440. The summed E-state index contributed by atoms with van der Waals surface area (Å²) in [6.45, 7) is 2.08. The molecule has 4 amide bonds. The molecular formula is C25H28N4O4. The number of ether oxygens (including phenoxy) is 1. The predicted octanol–water partition coefficient (Wildman–Crippen LogP) is 2.98. The van der Waals surface area contributed by atoms with Gasteiger partial charge in [0, 0.05) is 12.2 Å². The van der Waals surface area contributed by atoms with Crippen molar-refractivity contribution in [1.82, 2.24) is 15.2 Å². The Kier molecular flexibility index (Phi) is 5.31. The van der Waals surface area contributed by atoms with Gasteiger partial charge in [0.2, 0.25) is 5.88 Å². The Morgan fingerprint density at radius 3 is 2.61 bits per heavy atom. The highest BCUT2D eigenvalue weighted by molar-refractivity contribution is 6.04. The van der Waals surface area contributed by atoms with Gasteiger partial charge in [-0.1, -0.05) is 37.3 Å². The molecule has 0 radical (unpaired) electrons. The first-order valence-corrected chi connectivity index (χ1v) is 11.5. The number of rotatable bonds is 7. The minimum atomic E-state index is -0.564. The summed E-state index contributed by atoms with van der Waals surface area (Å²) < 4.78 is 5.91. The van der Waals surface area contributed by atoms with Crippen LogP contribution in [0.1, 0.15) is 60.9 Å². The van der Waals surface area contributed by atoms with Crippen LogP contribution >= 0.6 is 0 Å². The second kappa shape index (κ2) is 8.17. The molecule has 1 saturated heterocycles. The summed E-state index contributed by atoms with van der Waals surface area (Å²) >= 11 is 0. The van der Waals surface area contributed by atoms with Crippen molar-refractivity contribution in [1.29, 1.82) is 0 Å². The molecular weight excluding hydrogens is 420 g/mol. The van der Waals surface area contributed by atoms with Gasteiger partial charge < -0.3 is 15.8 Å². The van der Waals surface area contributed by atoms with Crippen LogP contribution in [0.2, 0.25) is 0 Å². The number of nitrogens with zero attached hydrogens (tertiary/aromatic N) is 2. The zero-order valence-corrected chi connectivity index (χ0v) is 18.6. The van der Waals surface area contributed by atoms with Gasteiger partial charge in [0.25, 0.3) is 11.8 Å². The maximum atomic E-state index is 13.0. The van der Waals surface area contributed by atoms with Gasteiger partial charge in [0.15, 0.2) is 0 Å². The molecule has 2 heterocycles. The van der Waals surface area contributed by atoms with Crippen LogP contribution in [0.25, 0.3) is 0 Å². The Morgan fingerprint density at radius 2 is 1.91 bits per heavy atom. The van der Waals surface area contributed by atoms with E-state index in [4.69, 9.17) is 10.5 Å². The van der Waals surface area contributed by atoms with Gasteiger partial charge in [-0.2, -0.15) is 0 Å². The van der Waals surface area contributed by atoms with E-state index in [0.717, 1.165) is 31.2 Å². The number of hydrogen-bond acceptors (Lipinski definition) is 5. The molecule has 3 fully saturated rings. The quantitative estimate of drug-likeness (QED) is 0.632. The molecule has 8 heteroatoms. The molecule has 2 aromatic rings. The summed E-state index contributed by atoms with van der Waals surface area (Å²) in [6, 6.07) is 12.5. The number of primary amides is 1. The first-order chi connectivity index (χ1) is 15.8. The topological polar surface area (TPSA) is 115 Å². The number of benzene rings is 1. The summed E-state index contributed by atoms with van der Waals surface area (Å²) in [5.74, 6) is -0.236. The Balaban J connectivity index is 1.14. The number of pyridine rings is 1. The van der Waals surface area contributed by atoms with Crippen LogP contribution < -0.4 is 15.8 Å². The number of nitrogens with two attached hydrogens (primary N) is 1. The van der Waals surface area contributed by atoms with Gasteiger partial charge in [-0.25, -0.2) is 9.78 Å². The smallest absolute Gasteiger partial charge is 0.325 e.